The first kappa shape index (κ1) is 36.8. The van der Waals surface area contributed by atoms with Crippen LogP contribution in [0, 0.1) is 18.3 Å². The third-order valence-electron chi connectivity index (χ3n) is 6.83. The Hall–Kier alpha value is -4.35. The molecule has 2 atom stereocenters. The van der Waals surface area contributed by atoms with Gasteiger partial charge in [-0.15, -0.1) is 0 Å². The third kappa shape index (κ3) is 10.6. The van der Waals surface area contributed by atoms with Crippen LogP contribution >= 0.6 is 0 Å². The summed E-state index contributed by atoms with van der Waals surface area (Å²) in [4.78, 5) is 60.9. The molecule has 18 heteroatoms. The molecular weight excluding hydrogens is 620 g/mol. The predicted octanol–water partition coefficient (Wildman–Crippen LogP) is 3.36. The van der Waals surface area contributed by atoms with E-state index in [4.69, 9.17) is 24.5 Å². The van der Waals surface area contributed by atoms with Gasteiger partial charge in [0.25, 0.3) is 5.91 Å². The van der Waals surface area contributed by atoms with E-state index in [-0.39, 0.29) is 17.8 Å². The molecule has 0 aromatic carbocycles. The molecule has 4 rings (SSSR count). The van der Waals surface area contributed by atoms with Gasteiger partial charge >= 0.3 is 30.3 Å². The number of fused-ring (bicyclic) bond motifs is 1. The monoisotopic (exact) mass is 651 g/mol. The van der Waals surface area contributed by atoms with E-state index < -0.39 is 29.7 Å². The maximum atomic E-state index is 13.2. The van der Waals surface area contributed by atoms with Crippen molar-refractivity contribution in [2.45, 2.75) is 45.6 Å². The van der Waals surface area contributed by atoms with E-state index in [2.05, 4.69) is 19.9 Å². The van der Waals surface area contributed by atoms with Crippen molar-refractivity contribution in [3.63, 3.8) is 0 Å². The van der Waals surface area contributed by atoms with E-state index in [1.807, 2.05) is 36.9 Å². The minimum atomic E-state index is -5.08. The summed E-state index contributed by atoms with van der Waals surface area (Å²) >= 11 is 0. The van der Waals surface area contributed by atoms with E-state index in [0.29, 0.717) is 44.9 Å². The molecule has 2 aromatic rings. The predicted molar refractivity (Wildman–Crippen MR) is 141 cm³/mol. The SMILES string of the molecule is CCOC(=O)[C@]12CCCN(C(=O)c3cnccn3)C[C@H]1CN(Cc1cccc(C)n1)C2.O=C(O)C(F)(F)F.O=C(O)C(F)(F)F. The standard InChI is InChI=1S/C23H29N5O3.2C2HF3O2/c1-3-31-22(30)23-8-5-11-28(21(29)20-12-24-9-10-25-20)14-18(23)13-27(16-23)15-19-7-4-6-17(2)26-19;2*3-2(4,5)1(6)7/h4,6-7,9-10,12,18H,3,5,8,11,13-16H2,1-2H3;2*(H,6,7)/t18-,23+;;/m1../s1. The van der Waals surface area contributed by atoms with Crippen LogP contribution in [0.25, 0.3) is 0 Å². The number of carbonyl (C=O) groups is 4. The average molecular weight is 652 g/mol. The van der Waals surface area contributed by atoms with Crippen LogP contribution in [0.3, 0.4) is 0 Å². The average Bonchev–Trinajstić information content (AvgIpc) is 3.19. The number of esters is 1. The van der Waals surface area contributed by atoms with Gasteiger partial charge in [-0.3, -0.25) is 24.5 Å². The third-order valence-corrected chi connectivity index (χ3v) is 6.83. The summed E-state index contributed by atoms with van der Waals surface area (Å²) in [5, 5.41) is 14.2. The van der Waals surface area contributed by atoms with Gasteiger partial charge < -0.3 is 19.8 Å². The molecule has 2 aliphatic rings. The molecule has 0 aliphatic carbocycles. The number of nitrogens with zero attached hydrogens (tertiary/aromatic N) is 5. The maximum Gasteiger partial charge on any atom is 0.490 e. The minimum Gasteiger partial charge on any atom is -0.475 e. The minimum absolute atomic E-state index is 0.000481. The lowest BCUT2D eigenvalue weighted by Gasteiger charge is -2.31. The summed E-state index contributed by atoms with van der Waals surface area (Å²) in [7, 11) is 0. The normalized spacial score (nSPS) is 19.9. The number of amides is 1. The molecule has 0 spiro atoms. The smallest absolute Gasteiger partial charge is 0.475 e. The van der Waals surface area contributed by atoms with Crippen molar-refractivity contribution >= 4 is 23.8 Å². The van der Waals surface area contributed by atoms with Crippen LogP contribution in [0.4, 0.5) is 26.3 Å². The zero-order chi connectivity index (χ0) is 34.0. The van der Waals surface area contributed by atoms with E-state index >= 15 is 0 Å². The highest BCUT2D eigenvalue weighted by Gasteiger charge is 2.54. The van der Waals surface area contributed by atoms with Gasteiger partial charge in [-0.1, -0.05) is 6.07 Å². The Morgan fingerprint density at radius 3 is 2.16 bits per heavy atom. The lowest BCUT2D eigenvalue weighted by Crippen LogP contribution is -2.43. The fourth-order valence-corrected chi connectivity index (χ4v) is 4.94. The van der Waals surface area contributed by atoms with E-state index in [1.165, 1.54) is 12.4 Å². The van der Waals surface area contributed by atoms with Gasteiger partial charge in [-0.25, -0.2) is 14.6 Å². The number of carbonyl (C=O) groups excluding carboxylic acids is 2. The Morgan fingerprint density at radius 2 is 1.64 bits per heavy atom. The number of likely N-dealkylation sites (tertiary alicyclic amines) is 2. The fourth-order valence-electron chi connectivity index (χ4n) is 4.94. The second-order valence-corrected chi connectivity index (χ2v) is 10.1. The number of pyridine rings is 1. The van der Waals surface area contributed by atoms with Crippen molar-refractivity contribution in [3.8, 4) is 0 Å². The number of hydrogen-bond donors (Lipinski definition) is 2. The van der Waals surface area contributed by atoms with Gasteiger partial charge in [0.2, 0.25) is 0 Å². The van der Waals surface area contributed by atoms with Crippen LogP contribution in [0.1, 0.15) is 41.6 Å². The van der Waals surface area contributed by atoms with Gasteiger partial charge in [0.1, 0.15) is 5.69 Å². The summed E-state index contributed by atoms with van der Waals surface area (Å²) in [5.41, 5.74) is 1.71. The number of rotatable bonds is 5. The van der Waals surface area contributed by atoms with Crippen LogP contribution in [-0.4, -0.2) is 104 Å². The highest BCUT2D eigenvalue weighted by Crippen LogP contribution is 2.44. The number of carboxylic acid groups (broad SMARTS) is 2. The molecule has 0 unspecified atom stereocenters. The van der Waals surface area contributed by atoms with Crippen molar-refractivity contribution in [2.75, 3.05) is 32.8 Å². The zero-order valence-corrected chi connectivity index (χ0v) is 24.1. The second-order valence-electron chi connectivity index (χ2n) is 10.1. The van der Waals surface area contributed by atoms with Crippen LogP contribution in [-0.2, 0) is 25.7 Å². The lowest BCUT2D eigenvalue weighted by atomic mass is 9.75. The number of carboxylic acids is 2. The first-order valence-corrected chi connectivity index (χ1v) is 13.4. The van der Waals surface area contributed by atoms with Crippen LogP contribution in [0.5, 0.6) is 0 Å². The van der Waals surface area contributed by atoms with Crippen molar-refractivity contribution in [3.05, 3.63) is 53.9 Å². The highest BCUT2D eigenvalue weighted by atomic mass is 19.4. The summed E-state index contributed by atoms with van der Waals surface area (Å²) in [6.45, 7) is 7.31. The Bertz CT molecular complexity index is 1310. The largest absolute Gasteiger partial charge is 0.490 e. The molecule has 2 fully saturated rings. The van der Waals surface area contributed by atoms with Crippen LogP contribution in [0.2, 0.25) is 0 Å². The van der Waals surface area contributed by atoms with Crippen molar-refractivity contribution in [1.82, 2.24) is 24.8 Å². The second kappa shape index (κ2) is 15.6. The summed E-state index contributed by atoms with van der Waals surface area (Å²) < 4.78 is 69.0. The highest BCUT2D eigenvalue weighted by molar-refractivity contribution is 5.92. The number of halogens is 6. The van der Waals surface area contributed by atoms with Crippen LogP contribution in [0.15, 0.2) is 36.8 Å². The molecule has 0 saturated carbocycles. The molecule has 12 nitrogen and oxygen atoms in total. The van der Waals surface area contributed by atoms with Gasteiger partial charge in [-0.2, -0.15) is 26.3 Å². The maximum absolute atomic E-state index is 13.2. The summed E-state index contributed by atoms with van der Waals surface area (Å²) in [6.07, 6.45) is -4.13. The Morgan fingerprint density at radius 1 is 1.02 bits per heavy atom. The molecule has 45 heavy (non-hydrogen) atoms. The van der Waals surface area contributed by atoms with E-state index in [9.17, 15) is 35.9 Å². The molecule has 0 radical (unpaired) electrons. The molecule has 0 bridgehead atoms. The van der Waals surface area contributed by atoms with Gasteiger partial charge in [0.05, 0.1) is 23.9 Å². The number of aliphatic carboxylic acids is 2. The van der Waals surface area contributed by atoms with E-state index in [1.54, 1.807) is 6.20 Å². The van der Waals surface area contributed by atoms with Gasteiger partial charge in [0, 0.05) is 56.7 Å². The quantitative estimate of drug-likeness (QED) is 0.360. The molecule has 2 saturated heterocycles. The molecule has 1 amide bonds. The summed E-state index contributed by atoms with van der Waals surface area (Å²) in [6, 6.07) is 6.00. The number of aryl methyl sites for hydroxylation is 1. The van der Waals surface area contributed by atoms with E-state index in [0.717, 1.165) is 24.4 Å². The zero-order valence-electron chi connectivity index (χ0n) is 24.1. The number of ether oxygens (including phenoxy) is 1. The molecule has 2 aliphatic heterocycles. The first-order valence-electron chi connectivity index (χ1n) is 13.4. The van der Waals surface area contributed by atoms with Crippen molar-refractivity contribution in [1.29, 1.82) is 0 Å². The number of aromatic nitrogens is 3. The Balaban J connectivity index is 0.000000421. The van der Waals surface area contributed by atoms with Gasteiger partial charge in [-0.05, 0) is 38.8 Å². The molecule has 4 heterocycles. The fraction of sp³-hybridized carbons (Fsp3) is 0.519. The lowest BCUT2D eigenvalue weighted by molar-refractivity contribution is -0.193. The Labute approximate surface area is 253 Å². The molecule has 248 valence electrons. The topological polar surface area (TPSA) is 163 Å². The first-order chi connectivity index (χ1) is 20.9. The van der Waals surface area contributed by atoms with Gasteiger partial charge in [0.15, 0.2) is 0 Å². The Kier molecular flexibility index (Phi) is 12.8. The summed E-state index contributed by atoms with van der Waals surface area (Å²) in [5.74, 6) is -5.79. The molecule has 2 aromatic heterocycles. The van der Waals surface area contributed by atoms with Crippen molar-refractivity contribution < 1.29 is 60.5 Å². The molecule has 2 N–H and O–H groups in total. The van der Waals surface area contributed by atoms with Crippen LogP contribution < -0.4 is 0 Å². The number of alkyl halides is 6. The number of hydrogen-bond acceptors (Lipinski definition) is 9. The van der Waals surface area contributed by atoms with Crippen molar-refractivity contribution in [2.24, 2.45) is 11.3 Å². The molecular formula is C27H31F6N5O7.